The Morgan fingerprint density at radius 2 is 1.76 bits per heavy atom. The fourth-order valence-corrected chi connectivity index (χ4v) is 3.72. The van der Waals surface area contributed by atoms with Gasteiger partial charge in [-0.15, -0.1) is 0 Å². The summed E-state index contributed by atoms with van der Waals surface area (Å²) in [5, 5.41) is 10.9. The Labute approximate surface area is 130 Å². The number of benzene rings is 1. The van der Waals surface area contributed by atoms with Gasteiger partial charge in [0, 0.05) is 18.6 Å². The van der Waals surface area contributed by atoms with Crippen molar-refractivity contribution in [3.8, 4) is 0 Å². The molecule has 1 N–H and O–H groups in total. The summed E-state index contributed by atoms with van der Waals surface area (Å²) in [7, 11) is 0. The number of aliphatic hydroxyl groups excluding tert-OH is 1. The highest BCUT2D eigenvalue weighted by Gasteiger charge is 2.32. The van der Waals surface area contributed by atoms with E-state index in [1.54, 1.807) is 0 Å². The second kappa shape index (κ2) is 7.95. The summed E-state index contributed by atoms with van der Waals surface area (Å²) >= 11 is 0. The molecule has 0 radical (unpaired) electrons. The smallest absolute Gasteiger partial charge is 0.0945 e. The fourth-order valence-electron chi connectivity index (χ4n) is 3.72. The van der Waals surface area contributed by atoms with Gasteiger partial charge in [0.05, 0.1) is 6.10 Å². The van der Waals surface area contributed by atoms with Crippen molar-refractivity contribution in [2.45, 2.75) is 71.1 Å². The lowest BCUT2D eigenvalue weighted by molar-refractivity contribution is 0.0144. The number of nitrogens with zero attached hydrogens (tertiary/aromatic N) is 1. The van der Waals surface area contributed by atoms with Crippen molar-refractivity contribution in [1.82, 2.24) is 4.90 Å². The first kappa shape index (κ1) is 16.5. The van der Waals surface area contributed by atoms with E-state index in [9.17, 15) is 5.11 Å². The van der Waals surface area contributed by atoms with Crippen LogP contribution < -0.4 is 0 Å². The average molecular weight is 289 g/mol. The molecular formula is C19H31NO. The zero-order valence-corrected chi connectivity index (χ0v) is 13.8. The van der Waals surface area contributed by atoms with Crippen LogP contribution in [-0.4, -0.2) is 28.6 Å². The van der Waals surface area contributed by atoms with Crippen LogP contribution in [0.15, 0.2) is 30.3 Å². The monoisotopic (exact) mass is 289 g/mol. The maximum atomic E-state index is 10.9. The third kappa shape index (κ3) is 4.31. The summed E-state index contributed by atoms with van der Waals surface area (Å²) in [5.41, 5.74) is 1.05. The van der Waals surface area contributed by atoms with Gasteiger partial charge in [0.25, 0.3) is 0 Å². The third-order valence-corrected chi connectivity index (χ3v) is 4.72. The molecule has 1 aliphatic rings. The lowest BCUT2D eigenvalue weighted by Gasteiger charge is -2.40. The maximum absolute atomic E-state index is 10.9. The van der Waals surface area contributed by atoms with Gasteiger partial charge in [0.2, 0.25) is 0 Å². The first-order chi connectivity index (χ1) is 10.1. The largest absolute Gasteiger partial charge is 0.387 e. The fraction of sp³-hybridized carbons (Fsp3) is 0.684. The van der Waals surface area contributed by atoms with Gasteiger partial charge in [0.15, 0.2) is 0 Å². The first-order valence-corrected chi connectivity index (χ1v) is 8.62. The van der Waals surface area contributed by atoms with Gasteiger partial charge < -0.3 is 5.11 Å². The van der Waals surface area contributed by atoms with Crippen LogP contribution in [0.1, 0.15) is 64.5 Å². The quantitative estimate of drug-likeness (QED) is 0.804. The molecule has 2 atom stereocenters. The van der Waals surface area contributed by atoms with Gasteiger partial charge in [-0.3, -0.25) is 4.90 Å². The van der Waals surface area contributed by atoms with Gasteiger partial charge >= 0.3 is 0 Å². The second-order valence-corrected chi connectivity index (χ2v) is 6.86. The molecule has 2 rings (SSSR count). The van der Waals surface area contributed by atoms with Gasteiger partial charge in [-0.25, -0.2) is 0 Å². The molecule has 1 aliphatic carbocycles. The van der Waals surface area contributed by atoms with Gasteiger partial charge in [-0.2, -0.15) is 0 Å². The number of rotatable bonds is 7. The Bertz CT molecular complexity index is 397. The van der Waals surface area contributed by atoms with Crippen LogP contribution in [0.5, 0.6) is 0 Å². The molecule has 0 amide bonds. The van der Waals surface area contributed by atoms with E-state index in [4.69, 9.17) is 0 Å². The molecule has 1 aromatic rings. The Balaban J connectivity index is 2.17. The van der Waals surface area contributed by atoms with Crippen LogP contribution in [0.2, 0.25) is 0 Å². The molecule has 2 unspecified atom stereocenters. The molecule has 2 nitrogen and oxygen atoms in total. The second-order valence-electron chi connectivity index (χ2n) is 6.86. The van der Waals surface area contributed by atoms with Crippen molar-refractivity contribution in [1.29, 1.82) is 0 Å². The summed E-state index contributed by atoms with van der Waals surface area (Å²) in [6, 6.07) is 11.1. The molecule has 0 aromatic heterocycles. The summed E-state index contributed by atoms with van der Waals surface area (Å²) in [6.45, 7) is 7.86. The Morgan fingerprint density at radius 1 is 1.14 bits per heavy atom. The van der Waals surface area contributed by atoms with Crippen molar-refractivity contribution >= 4 is 0 Å². The van der Waals surface area contributed by atoms with Gasteiger partial charge in [-0.05, 0) is 30.7 Å². The van der Waals surface area contributed by atoms with Crippen LogP contribution in [-0.2, 0) is 0 Å². The maximum Gasteiger partial charge on any atom is 0.0945 e. The van der Waals surface area contributed by atoms with Crippen molar-refractivity contribution in [3.05, 3.63) is 35.9 Å². The minimum absolute atomic E-state index is 0.234. The van der Waals surface area contributed by atoms with E-state index in [0.29, 0.717) is 12.0 Å². The summed E-state index contributed by atoms with van der Waals surface area (Å²) < 4.78 is 0. The molecule has 21 heavy (non-hydrogen) atoms. The molecule has 0 heterocycles. The normalized spacial score (nSPS) is 19.3. The number of hydrogen-bond acceptors (Lipinski definition) is 2. The minimum Gasteiger partial charge on any atom is -0.387 e. The Kier molecular flexibility index (Phi) is 6.25. The van der Waals surface area contributed by atoms with Crippen molar-refractivity contribution in [2.24, 2.45) is 5.92 Å². The molecule has 118 valence electrons. The highest BCUT2D eigenvalue weighted by Crippen LogP contribution is 2.31. The molecular weight excluding hydrogens is 258 g/mol. The van der Waals surface area contributed by atoms with Crippen molar-refractivity contribution < 1.29 is 5.11 Å². The molecule has 1 aromatic carbocycles. The lowest BCUT2D eigenvalue weighted by Crippen LogP contribution is -2.46. The Hall–Kier alpha value is -0.860. The zero-order valence-electron chi connectivity index (χ0n) is 13.8. The van der Waals surface area contributed by atoms with Crippen LogP contribution in [0.4, 0.5) is 0 Å². The average Bonchev–Trinajstić information content (AvgIpc) is 3.01. The molecule has 0 aliphatic heterocycles. The van der Waals surface area contributed by atoms with Crippen LogP contribution in [0.25, 0.3) is 0 Å². The van der Waals surface area contributed by atoms with Crippen LogP contribution in [0, 0.1) is 5.92 Å². The lowest BCUT2D eigenvalue weighted by atomic mass is 9.96. The minimum atomic E-state index is -0.379. The van der Waals surface area contributed by atoms with Gasteiger partial charge in [0.1, 0.15) is 0 Å². The SMILES string of the molecule is CCC(C(O)c1ccccc1)N(CC(C)C)C1CCCC1. The van der Waals surface area contributed by atoms with E-state index in [0.717, 1.165) is 18.5 Å². The zero-order chi connectivity index (χ0) is 15.2. The number of aliphatic hydroxyl groups is 1. The Morgan fingerprint density at radius 3 is 2.29 bits per heavy atom. The molecule has 1 fully saturated rings. The summed E-state index contributed by atoms with van der Waals surface area (Å²) in [6.07, 6.45) is 5.90. The highest BCUT2D eigenvalue weighted by molar-refractivity contribution is 5.19. The van der Waals surface area contributed by atoms with Crippen molar-refractivity contribution in [2.75, 3.05) is 6.54 Å². The van der Waals surface area contributed by atoms with E-state index >= 15 is 0 Å². The van der Waals surface area contributed by atoms with E-state index in [1.807, 2.05) is 18.2 Å². The topological polar surface area (TPSA) is 23.5 Å². The van der Waals surface area contributed by atoms with Crippen molar-refractivity contribution in [3.63, 3.8) is 0 Å². The molecule has 0 bridgehead atoms. The molecule has 1 saturated carbocycles. The third-order valence-electron chi connectivity index (χ3n) is 4.72. The number of hydrogen-bond donors (Lipinski definition) is 1. The van der Waals surface area contributed by atoms with Crippen LogP contribution >= 0.6 is 0 Å². The summed E-state index contributed by atoms with van der Waals surface area (Å²) in [5.74, 6) is 0.641. The molecule has 0 saturated heterocycles. The van der Waals surface area contributed by atoms with Gasteiger partial charge in [-0.1, -0.05) is 63.9 Å². The standard InChI is InChI=1S/C19H31NO/c1-4-18(19(21)16-10-6-5-7-11-16)20(14-15(2)3)17-12-8-9-13-17/h5-7,10-11,15,17-19,21H,4,8-9,12-14H2,1-3H3. The van der Waals surface area contributed by atoms with E-state index in [2.05, 4.69) is 37.8 Å². The van der Waals surface area contributed by atoms with E-state index in [1.165, 1.54) is 25.7 Å². The molecule has 2 heteroatoms. The predicted molar refractivity (Wildman–Crippen MR) is 89.3 cm³/mol. The predicted octanol–water partition coefficient (Wildman–Crippen LogP) is 4.40. The van der Waals surface area contributed by atoms with E-state index in [-0.39, 0.29) is 12.1 Å². The molecule has 0 spiro atoms. The van der Waals surface area contributed by atoms with E-state index < -0.39 is 0 Å². The summed E-state index contributed by atoms with van der Waals surface area (Å²) in [4.78, 5) is 2.61. The van der Waals surface area contributed by atoms with Crippen LogP contribution in [0.3, 0.4) is 0 Å². The first-order valence-electron chi connectivity index (χ1n) is 8.62. The highest BCUT2D eigenvalue weighted by atomic mass is 16.3.